The number of amides is 1. The highest BCUT2D eigenvalue weighted by Gasteiger charge is 2.25. The number of aromatic nitrogens is 1. The van der Waals surface area contributed by atoms with Gasteiger partial charge in [-0.1, -0.05) is 0 Å². The molecule has 1 fully saturated rings. The number of carbonyl (C=O) groups excluding carboxylic acids is 1. The molecule has 1 aromatic carbocycles. The van der Waals surface area contributed by atoms with Gasteiger partial charge < -0.3 is 20.1 Å². The van der Waals surface area contributed by atoms with E-state index in [1.807, 2.05) is 23.6 Å². The van der Waals surface area contributed by atoms with E-state index >= 15 is 0 Å². The van der Waals surface area contributed by atoms with Crippen LogP contribution in [0.5, 0.6) is 11.5 Å². The molecule has 1 aromatic heterocycles. The van der Waals surface area contributed by atoms with Crippen molar-refractivity contribution < 1.29 is 14.3 Å². The normalized spacial score (nSPS) is 20.1. The number of rotatable bonds is 5. The lowest BCUT2D eigenvalue weighted by Gasteiger charge is -2.26. The Morgan fingerprint density at radius 2 is 2.20 bits per heavy atom. The highest BCUT2D eigenvalue weighted by Crippen LogP contribution is 2.35. The molecule has 0 saturated carbocycles. The maximum atomic E-state index is 12.5. The molecular formula is C18H23N3O3S. The highest BCUT2D eigenvalue weighted by atomic mass is 32.1. The maximum Gasteiger partial charge on any atom is 0.229 e. The van der Waals surface area contributed by atoms with Crippen LogP contribution in [0, 0.1) is 5.92 Å². The number of benzene rings is 1. The fourth-order valence-electron chi connectivity index (χ4n) is 3.05. The van der Waals surface area contributed by atoms with Crippen molar-refractivity contribution in [3.05, 3.63) is 23.6 Å². The summed E-state index contributed by atoms with van der Waals surface area (Å²) in [5.74, 6) is 1.54. The molecule has 3 rings (SSSR count). The molecule has 1 saturated heterocycles. The first-order valence-corrected chi connectivity index (χ1v) is 9.21. The SMILES string of the molecule is COc1ccc(OC)c(-c2csc(NC(=O)[C@H]3CCN[C@@H](C)C3)n2)c1. The Morgan fingerprint density at radius 3 is 2.92 bits per heavy atom. The summed E-state index contributed by atoms with van der Waals surface area (Å²) in [6.45, 7) is 2.99. The van der Waals surface area contributed by atoms with Crippen molar-refractivity contribution in [1.82, 2.24) is 10.3 Å². The number of carbonyl (C=O) groups is 1. The van der Waals surface area contributed by atoms with Gasteiger partial charge in [0.2, 0.25) is 5.91 Å². The van der Waals surface area contributed by atoms with E-state index in [1.54, 1.807) is 14.2 Å². The summed E-state index contributed by atoms with van der Waals surface area (Å²) >= 11 is 1.42. The van der Waals surface area contributed by atoms with Crippen molar-refractivity contribution in [3.8, 4) is 22.8 Å². The fourth-order valence-corrected chi connectivity index (χ4v) is 3.76. The molecule has 0 bridgehead atoms. The molecule has 2 heterocycles. The standard InChI is InChI=1S/C18H23N3O3S/c1-11-8-12(6-7-19-11)17(22)21-18-20-15(10-25-18)14-9-13(23-2)4-5-16(14)24-3/h4-5,9-12,19H,6-8H2,1-3H3,(H,20,21,22)/t11-,12-/m0/s1. The number of piperidine rings is 1. The van der Waals surface area contributed by atoms with E-state index < -0.39 is 0 Å². The molecule has 2 aromatic rings. The quantitative estimate of drug-likeness (QED) is 0.856. The first-order valence-electron chi connectivity index (χ1n) is 8.33. The van der Waals surface area contributed by atoms with Gasteiger partial charge in [-0.3, -0.25) is 4.79 Å². The summed E-state index contributed by atoms with van der Waals surface area (Å²) in [6, 6.07) is 5.95. The van der Waals surface area contributed by atoms with E-state index in [1.165, 1.54) is 11.3 Å². The van der Waals surface area contributed by atoms with Gasteiger partial charge in [0.1, 0.15) is 11.5 Å². The second-order valence-corrected chi connectivity index (χ2v) is 7.03. The van der Waals surface area contributed by atoms with E-state index in [0.29, 0.717) is 11.2 Å². The third-order valence-corrected chi connectivity index (χ3v) is 5.17. The third-order valence-electron chi connectivity index (χ3n) is 4.41. The second kappa shape index (κ2) is 7.84. The molecule has 0 radical (unpaired) electrons. The van der Waals surface area contributed by atoms with Crippen molar-refractivity contribution in [2.45, 2.75) is 25.8 Å². The summed E-state index contributed by atoms with van der Waals surface area (Å²) in [7, 11) is 3.25. The van der Waals surface area contributed by atoms with Crippen LogP contribution in [0.25, 0.3) is 11.3 Å². The summed E-state index contributed by atoms with van der Waals surface area (Å²) in [4.78, 5) is 17.0. The molecule has 0 unspecified atom stereocenters. The summed E-state index contributed by atoms with van der Waals surface area (Å²) in [6.07, 6.45) is 1.71. The summed E-state index contributed by atoms with van der Waals surface area (Å²) < 4.78 is 10.7. The van der Waals surface area contributed by atoms with E-state index in [4.69, 9.17) is 9.47 Å². The number of methoxy groups -OCH3 is 2. The monoisotopic (exact) mass is 361 g/mol. The lowest BCUT2D eigenvalue weighted by Crippen LogP contribution is -2.40. The van der Waals surface area contributed by atoms with Crippen LogP contribution in [0.15, 0.2) is 23.6 Å². The predicted molar refractivity (Wildman–Crippen MR) is 99.5 cm³/mol. The molecule has 1 aliphatic rings. The minimum Gasteiger partial charge on any atom is -0.497 e. The number of hydrogen-bond donors (Lipinski definition) is 2. The predicted octanol–water partition coefficient (Wildman–Crippen LogP) is 3.15. The van der Waals surface area contributed by atoms with E-state index in [9.17, 15) is 4.79 Å². The second-order valence-electron chi connectivity index (χ2n) is 6.17. The minimum absolute atomic E-state index is 0.0370. The van der Waals surface area contributed by atoms with Crippen LogP contribution < -0.4 is 20.1 Å². The van der Waals surface area contributed by atoms with E-state index in [0.717, 1.165) is 42.1 Å². The Balaban J connectivity index is 1.75. The minimum atomic E-state index is 0.0370. The van der Waals surface area contributed by atoms with Crippen LogP contribution in [0.3, 0.4) is 0 Å². The molecule has 134 valence electrons. The number of thiazole rings is 1. The number of anilines is 1. The molecule has 1 amide bonds. The Labute approximate surface area is 151 Å². The van der Waals surface area contributed by atoms with Crippen LogP contribution in [0.1, 0.15) is 19.8 Å². The van der Waals surface area contributed by atoms with Crippen molar-refractivity contribution in [1.29, 1.82) is 0 Å². The lowest BCUT2D eigenvalue weighted by atomic mass is 9.92. The van der Waals surface area contributed by atoms with Crippen LogP contribution in [-0.4, -0.2) is 37.7 Å². The van der Waals surface area contributed by atoms with Gasteiger partial charge in [-0.2, -0.15) is 0 Å². The van der Waals surface area contributed by atoms with Gasteiger partial charge in [-0.15, -0.1) is 11.3 Å². The Hall–Kier alpha value is -2.12. The van der Waals surface area contributed by atoms with Crippen LogP contribution >= 0.6 is 11.3 Å². The molecule has 25 heavy (non-hydrogen) atoms. The average molecular weight is 361 g/mol. The van der Waals surface area contributed by atoms with Crippen LogP contribution in [-0.2, 0) is 4.79 Å². The molecule has 0 aliphatic carbocycles. The maximum absolute atomic E-state index is 12.5. The van der Waals surface area contributed by atoms with Crippen LogP contribution in [0.4, 0.5) is 5.13 Å². The van der Waals surface area contributed by atoms with Crippen molar-refractivity contribution >= 4 is 22.4 Å². The molecule has 1 aliphatic heterocycles. The molecule has 7 heteroatoms. The van der Waals surface area contributed by atoms with Gasteiger partial charge >= 0.3 is 0 Å². The van der Waals surface area contributed by atoms with Gasteiger partial charge in [0.25, 0.3) is 0 Å². The number of hydrogen-bond acceptors (Lipinski definition) is 6. The van der Waals surface area contributed by atoms with Crippen molar-refractivity contribution in [2.75, 3.05) is 26.1 Å². The van der Waals surface area contributed by atoms with E-state index in [-0.39, 0.29) is 11.8 Å². The molecule has 6 nitrogen and oxygen atoms in total. The average Bonchev–Trinajstić information content (AvgIpc) is 3.09. The van der Waals surface area contributed by atoms with Crippen molar-refractivity contribution in [3.63, 3.8) is 0 Å². The molecule has 2 N–H and O–H groups in total. The van der Waals surface area contributed by atoms with Gasteiger partial charge in [0, 0.05) is 22.9 Å². The van der Waals surface area contributed by atoms with Gasteiger partial charge in [0.05, 0.1) is 19.9 Å². The Bertz CT molecular complexity index is 747. The molecular weight excluding hydrogens is 338 g/mol. The molecule has 2 atom stereocenters. The third kappa shape index (κ3) is 4.11. The Morgan fingerprint density at radius 1 is 1.36 bits per heavy atom. The number of nitrogens with one attached hydrogen (secondary N) is 2. The van der Waals surface area contributed by atoms with Gasteiger partial charge in [-0.05, 0) is 44.5 Å². The van der Waals surface area contributed by atoms with Crippen molar-refractivity contribution in [2.24, 2.45) is 5.92 Å². The number of ether oxygens (including phenoxy) is 2. The fraction of sp³-hybridized carbons (Fsp3) is 0.444. The Kier molecular flexibility index (Phi) is 5.55. The smallest absolute Gasteiger partial charge is 0.229 e. The zero-order chi connectivity index (χ0) is 17.8. The molecule has 0 spiro atoms. The van der Waals surface area contributed by atoms with Gasteiger partial charge in [-0.25, -0.2) is 4.98 Å². The summed E-state index contributed by atoms with van der Waals surface area (Å²) in [5.41, 5.74) is 1.60. The first kappa shape index (κ1) is 17.7. The first-order chi connectivity index (χ1) is 12.1. The van der Waals surface area contributed by atoms with Gasteiger partial charge in [0.15, 0.2) is 5.13 Å². The largest absolute Gasteiger partial charge is 0.497 e. The topological polar surface area (TPSA) is 72.5 Å². The highest BCUT2D eigenvalue weighted by molar-refractivity contribution is 7.14. The van der Waals surface area contributed by atoms with Crippen LogP contribution in [0.2, 0.25) is 0 Å². The zero-order valence-corrected chi connectivity index (χ0v) is 15.5. The lowest BCUT2D eigenvalue weighted by molar-refractivity contribution is -0.120. The summed E-state index contributed by atoms with van der Waals surface area (Å²) in [5, 5.41) is 8.84. The number of nitrogens with zero attached hydrogens (tertiary/aromatic N) is 1. The zero-order valence-electron chi connectivity index (χ0n) is 14.7. The van der Waals surface area contributed by atoms with E-state index in [2.05, 4.69) is 22.5 Å².